The lowest BCUT2D eigenvalue weighted by Crippen LogP contribution is -2.26. The predicted molar refractivity (Wildman–Crippen MR) is 63.3 cm³/mol. The lowest BCUT2D eigenvalue weighted by atomic mass is 10.1. The van der Waals surface area contributed by atoms with Crippen LogP contribution in [0.3, 0.4) is 0 Å². The average molecular weight is 232 g/mol. The van der Waals surface area contributed by atoms with E-state index < -0.39 is 0 Å². The third-order valence-corrected chi connectivity index (χ3v) is 3.22. The van der Waals surface area contributed by atoms with Crippen LogP contribution in [0.25, 0.3) is 11.5 Å². The van der Waals surface area contributed by atoms with Crippen molar-refractivity contribution in [2.24, 2.45) is 7.05 Å². The Morgan fingerprint density at radius 3 is 3.12 bits per heavy atom. The van der Waals surface area contributed by atoms with Crippen LogP contribution in [-0.4, -0.2) is 21.3 Å². The molecule has 0 aliphatic carbocycles. The van der Waals surface area contributed by atoms with Crippen molar-refractivity contribution >= 4 is 0 Å². The number of hydrogen-bond donors (Lipinski definition) is 1. The summed E-state index contributed by atoms with van der Waals surface area (Å²) in [6.45, 7) is 1.03. The van der Waals surface area contributed by atoms with Crippen LogP contribution in [0.2, 0.25) is 0 Å². The summed E-state index contributed by atoms with van der Waals surface area (Å²) < 4.78 is 7.33. The standard InChI is InChI=1S/C12H16N4O/c1-16-8-4-6-10(16)11-14-12(17-15-11)9-5-2-3-7-13-9/h4,6,8-9,13H,2-3,5,7H2,1H3/t9-/m0/s1. The van der Waals surface area contributed by atoms with Crippen LogP contribution in [0.5, 0.6) is 0 Å². The highest BCUT2D eigenvalue weighted by atomic mass is 16.5. The van der Waals surface area contributed by atoms with Crippen molar-refractivity contribution in [3.05, 3.63) is 24.2 Å². The van der Waals surface area contributed by atoms with E-state index in [-0.39, 0.29) is 6.04 Å². The predicted octanol–water partition coefficient (Wildman–Crippen LogP) is 1.89. The van der Waals surface area contributed by atoms with Crippen molar-refractivity contribution in [2.45, 2.75) is 25.3 Å². The van der Waals surface area contributed by atoms with Gasteiger partial charge in [0.15, 0.2) is 0 Å². The summed E-state index contributed by atoms with van der Waals surface area (Å²) in [5.41, 5.74) is 0.982. The zero-order valence-corrected chi connectivity index (χ0v) is 9.89. The van der Waals surface area contributed by atoms with Gasteiger partial charge in [0, 0.05) is 13.2 Å². The average Bonchev–Trinajstić information content (AvgIpc) is 2.98. The van der Waals surface area contributed by atoms with E-state index in [1.165, 1.54) is 12.8 Å². The fourth-order valence-corrected chi connectivity index (χ4v) is 2.24. The summed E-state index contributed by atoms with van der Waals surface area (Å²) >= 11 is 0. The lowest BCUT2D eigenvalue weighted by Gasteiger charge is -2.19. The number of aryl methyl sites for hydroxylation is 1. The molecule has 17 heavy (non-hydrogen) atoms. The van der Waals surface area contributed by atoms with Crippen LogP contribution < -0.4 is 5.32 Å². The minimum absolute atomic E-state index is 0.227. The number of piperidine rings is 1. The number of rotatable bonds is 2. The van der Waals surface area contributed by atoms with E-state index in [9.17, 15) is 0 Å². The van der Waals surface area contributed by atoms with Gasteiger partial charge in [-0.25, -0.2) is 0 Å². The molecular formula is C12H16N4O. The van der Waals surface area contributed by atoms with Crippen molar-refractivity contribution in [3.8, 4) is 11.5 Å². The molecule has 1 fully saturated rings. The van der Waals surface area contributed by atoms with Crippen molar-refractivity contribution in [2.75, 3.05) is 6.54 Å². The molecule has 2 aromatic rings. The maximum absolute atomic E-state index is 5.35. The van der Waals surface area contributed by atoms with Gasteiger partial charge in [-0.05, 0) is 31.5 Å². The normalized spacial score (nSPS) is 20.6. The van der Waals surface area contributed by atoms with Crippen LogP contribution in [0.15, 0.2) is 22.9 Å². The zero-order valence-electron chi connectivity index (χ0n) is 9.89. The molecule has 0 bridgehead atoms. The summed E-state index contributed by atoms with van der Waals surface area (Å²) in [7, 11) is 1.98. The molecule has 0 saturated carbocycles. The maximum Gasteiger partial charge on any atom is 0.244 e. The first kappa shape index (κ1) is 10.5. The molecule has 1 aliphatic rings. The fraction of sp³-hybridized carbons (Fsp3) is 0.500. The number of aromatic nitrogens is 3. The molecule has 2 aromatic heterocycles. The van der Waals surface area contributed by atoms with Crippen LogP contribution in [-0.2, 0) is 7.05 Å². The molecule has 0 aromatic carbocycles. The van der Waals surface area contributed by atoms with Crippen LogP contribution >= 0.6 is 0 Å². The van der Waals surface area contributed by atoms with E-state index in [2.05, 4.69) is 15.5 Å². The molecule has 0 spiro atoms. The largest absolute Gasteiger partial charge is 0.348 e. The molecule has 1 aliphatic heterocycles. The van der Waals surface area contributed by atoms with Gasteiger partial charge in [-0.15, -0.1) is 0 Å². The summed E-state index contributed by atoms with van der Waals surface area (Å²) in [5, 5.41) is 7.45. The molecule has 1 saturated heterocycles. The molecule has 5 nitrogen and oxygen atoms in total. The Balaban J connectivity index is 1.85. The third kappa shape index (κ3) is 1.98. The molecule has 1 atom stereocenters. The van der Waals surface area contributed by atoms with Gasteiger partial charge in [-0.3, -0.25) is 0 Å². The Morgan fingerprint density at radius 2 is 2.41 bits per heavy atom. The van der Waals surface area contributed by atoms with Gasteiger partial charge in [0.05, 0.1) is 11.7 Å². The van der Waals surface area contributed by atoms with E-state index >= 15 is 0 Å². The highest BCUT2D eigenvalue weighted by molar-refractivity contribution is 5.49. The van der Waals surface area contributed by atoms with Gasteiger partial charge in [0.25, 0.3) is 0 Å². The Kier molecular flexibility index (Phi) is 2.68. The van der Waals surface area contributed by atoms with E-state index in [4.69, 9.17) is 4.52 Å². The van der Waals surface area contributed by atoms with E-state index in [0.717, 1.165) is 18.7 Å². The number of nitrogens with one attached hydrogen (secondary N) is 1. The topological polar surface area (TPSA) is 55.9 Å². The molecule has 0 amide bonds. The summed E-state index contributed by atoms with van der Waals surface area (Å²) in [6.07, 6.45) is 5.51. The first-order valence-corrected chi connectivity index (χ1v) is 6.03. The van der Waals surface area contributed by atoms with Crippen molar-refractivity contribution in [3.63, 3.8) is 0 Å². The van der Waals surface area contributed by atoms with E-state index in [1.54, 1.807) is 0 Å². The highest BCUT2D eigenvalue weighted by Crippen LogP contribution is 2.24. The number of nitrogens with zero attached hydrogens (tertiary/aromatic N) is 3. The molecule has 5 heteroatoms. The van der Waals surface area contributed by atoms with E-state index in [0.29, 0.717) is 11.7 Å². The Morgan fingerprint density at radius 1 is 1.47 bits per heavy atom. The van der Waals surface area contributed by atoms with Crippen molar-refractivity contribution < 1.29 is 4.52 Å². The molecule has 0 radical (unpaired) electrons. The van der Waals surface area contributed by atoms with Gasteiger partial charge in [-0.1, -0.05) is 11.6 Å². The lowest BCUT2D eigenvalue weighted by molar-refractivity contribution is 0.297. The summed E-state index contributed by atoms with van der Waals surface area (Å²) in [5.74, 6) is 1.38. The second-order valence-corrected chi connectivity index (χ2v) is 4.46. The summed E-state index contributed by atoms with van der Waals surface area (Å²) in [6, 6.07) is 4.19. The Bertz CT molecular complexity index is 496. The maximum atomic E-state index is 5.35. The molecule has 3 heterocycles. The fourth-order valence-electron chi connectivity index (χ4n) is 2.24. The van der Waals surface area contributed by atoms with Gasteiger partial charge >= 0.3 is 0 Å². The number of hydrogen-bond acceptors (Lipinski definition) is 4. The molecule has 90 valence electrons. The zero-order chi connectivity index (χ0) is 11.7. The molecular weight excluding hydrogens is 216 g/mol. The molecule has 0 unspecified atom stereocenters. The van der Waals surface area contributed by atoms with Gasteiger partial charge < -0.3 is 14.4 Å². The van der Waals surface area contributed by atoms with Crippen LogP contribution in [0, 0.1) is 0 Å². The summed E-state index contributed by atoms with van der Waals surface area (Å²) in [4.78, 5) is 4.48. The van der Waals surface area contributed by atoms with Gasteiger partial charge in [0.1, 0.15) is 0 Å². The quantitative estimate of drug-likeness (QED) is 0.859. The first-order chi connectivity index (χ1) is 8.34. The third-order valence-electron chi connectivity index (χ3n) is 3.22. The van der Waals surface area contributed by atoms with Crippen LogP contribution in [0.4, 0.5) is 0 Å². The molecule has 1 N–H and O–H groups in total. The second-order valence-electron chi connectivity index (χ2n) is 4.46. The Hall–Kier alpha value is -1.62. The van der Waals surface area contributed by atoms with E-state index in [1.807, 2.05) is 29.9 Å². The first-order valence-electron chi connectivity index (χ1n) is 6.03. The molecule has 3 rings (SSSR count). The van der Waals surface area contributed by atoms with Gasteiger partial charge in [0.2, 0.25) is 11.7 Å². The minimum Gasteiger partial charge on any atom is -0.348 e. The van der Waals surface area contributed by atoms with Crippen LogP contribution in [0.1, 0.15) is 31.2 Å². The minimum atomic E-state index is 0.227. The Labute approximate surface area is 99.8 Å². The monoisotopic (exact) mass is 232 g/mol. The SMILES string of the molecule is Cn1cccc1-c1noc([C@@H]2CCCCN2)n1. The second kappa shape index (κ2) is 4.33. The smallest absolute Gasteiger partial charge is 0.244 e. The van der Waals surface area contributed by atoms with Gasteiger partial charge in [-0.2, -0.15) is 4.98 Å². The van der Waals surface area contributed by atoms with Crippen molar-refractivity contribution in [1.29, 1.82) is 0 Å². The van der Waals surface area contributed by atoms with Crippen molar-refractivity contribution in [1.82, 2.24) is 20.0 Å². The highest BCUT2D eigenvalue weighted by Gasteiger charge is 2.21.